The Morgan fingerprint density at radius 1 is 1.30 bits per heavy atom. The summed E-state index contributed by atoms with van der Waals surface area (Å²) in [5.74, 6) is 0.176. The second kappa shape index (κ2) is 8.73. The Balaban J connectivity index is 1.73. The number of aromatic nitrogens is 1. The Morgan fingerprint density at radius 3 is 2.74 bits per heavy atom. The number of anilines is 1. The quantitative estimate of drug-likeness (QED) is 0.785. The van der Waals surface area contributed by atoms with E-state index in [1.807, 2.05) is 0 Å². The molecule has 1 saturated heterocycles. The lowest BCUT2D eigenvalue weighted by Gasteiger charge is -2.25. The zero-order chi connectivity index (χ0) is 19.4. The molecular formula is C18H19Cl2N3O4. The van der Waals surface area contributed by atoms with Crippen LogP contribution in [0.2, 0.25) is 10.0 Å². The monoisotopic (exact) mass is 411 g/mol. The van der Waals surface area contributed by atoms with Gasteiger partial charge in [-0.1, -0.05) is 28.4 Å². The standard InChI is InChI=1S/C18H19Cl2N3O4/c1-11-7-16(22-27-11)21-17(24)10-23(9-13-3-2-6-26-13)18(25)12-4-5-14(19)15(20)8-12/h4-5,7-8,13H,2-3,6,9-10H2,1H3,(H,21,22,24). The molecular weight excluding hydrogens is 393 g/mol. The Kier molecular flexibility index (Phi) is 6.36. The molecule has 2 heterocycles. The van der Waals surface area contributed by atoms with Crippen LogP contribution < -0.4 is 5.32 Å². The molecule has 0 bridgehead atoms. The van der Waals surface area contributed by atoms with Gasteiger partial charge in [-0.2, -0.15) is 0 Å². The fraction of sp³-hybridized carbons (Fsp3) is 0.389. The molecule has 1 fully saturated rings. The summed E-state index contributed by atoms with van der Waals surface area (Å²) in [5.41, 5.74) is 0.354. The van der Waals surface area contributed by atoms with E-state index in [1.54, 1.807) is 25.1 Å². The highest BCUT2D eigenvalue weighted by atomic mass is 35.5. The highest BCUT2D eigenvalue weighted by Crippen LogP contribution is 2.24. The highest BCUT2D eigenvalue weighted by Gasteiger charge is 2.26. The smallest absolute Gasteiger partial charge is 0.254 e. The second-order valence-electron chi connectivity index (χ2n) is 6.32. The van der Waals surface area contributed by atoms with Gasteiger partial charge >= 0.3 is 0 Å². The van der Waals surface area contributed by atoms with Crippen LogP contribution in [-0.2, 0) is 9.53 Å². The van der Waals surface area contributed by atoms with Crippen molar-refractivity contribution >= 4 is 40.8 Å². The first kappa shape index (κ1) is 19.7. The zero-order valence-corrected chi connectivity index (χ0v) is 16.2. The molecule has 2 amide bonds. The van der Waals surface area contributed by atoms with Gasteiger partial charge in [0.05, 0.1) is 16.1 Å². The number of nitrogens with one attached hydrogen (secondary N) is 1. The van der Waals surface area contributed by atoms with E-state index in [4.69, 9.17) is 32.5 Å². The summed E-state index contributed by atoms with van der Waals surface area (Å²) in [7, 11) is 0. The lowest BCUT2D eigenvalue weighted by Crippen LogP contribution is -2.42. The van der Waals surface area contributed by atoms with Crippen molar-refractivity contribution in [1.29, 1.82) is 0 Å². The molecule has 144 valence electrons. The van der Waals surface area contributed by atoms with Gasteiger partial charge in [0, 0.05) is 24.8 Å². The molecule has 1 aliphatic heterocycles. The first-order chi connectivity index (χ1) is 12.9. The first-order valence-corrected chi connectivity index (χ1v) is 9.27. The van der Waals surface area contributed by atoms with Crippen LogP contribution >= 0.6 is 23.2 Å². The number of carbonyl (C=O) groups excluding carboxylic acids is 2. The van der Waals surface area contributed by atoms with E-state index in [9.17, 15) is 9.59 Å². The Morgan fingerprint density at radius 2 is 2.11 bits per heavy atom. The summed E-state index contributed by atoms with van der Waals surface area (Å²) in [6.45, 7) is 2.54. The van der Waals surface area contributed by atoms with Crippen molar-refractivity contribution in [3.05, 3.63) is 45.6 Å². The topological polar surface area (TPSA) is 84.7 Å². The normalized spacial score (nSPS) is 16.3. The first-order valence-electron chi connectivity index (χ1n) is 8.51. The molecule has 1 atom stereocenters. The van der Waals surface area contributed by atoms with Crippen molar-refractivity contribution in [3.8, 4) is 0 Å². The van der Waals surface area contributed by atoms with Gasteiger partial charge in [-0.3, -0.25) is 9.59 Å². The van der Waals surface area contributed by atoms with Gasteiger partial charge in [-0.05, 0) is 38.0 Å². The van der Waals surface area contributed by atoms with Gasteiger partial charge in [-0.25, -0.2) is 0 Å². The minimum Gasteiger partial charge on any atom is -0.376 e. The number of nitrogens with zero attached hydrogens (tertiary/aromatic N) is 2. The number of rotatable bonds is 6. The number of halogens is 2. The molecule has 0 spiro atoms. The molecule has 1 aromatic carbocycles. The summed E-state index contributed by atoms with van der Waals surface area (Å²) in [5, 5.41) is 6.98. The van der Waals surface area contributed by atoms with E-state index < -0.39 is 0 Å². The van der Waals surface area contributed by atoms with E-state index >= 15 is 0 Å². The average molecular weight is 412 g/mol. The molecule has 0 aliphatic carbocycles. The number of aryl methyl sites for hydroxylation is 1. The molecule has 27 heavy (non-hydrogen) atoms. The lowest BCUT2D eigenvalue weighted by atomic mass is 10.1. The Bertz CT molecular complexity index is 834. The van der Waals surface area contributed by atoms with E-state index in [0.717, 1.165) is 12.8 Å². The molecule has 3 rings (SSSR count). The summed E-state index contributed by atoms with van der Waals surface area (Å²) < 4.78 is 10.5. The molecule has 2 aromatic rings. The zero-order valence-electron chi connectivity index (χ0n) is 14.7. The van der Waals surface area contributed by atoms with Crippen molar-refractivity contribution in [3.63, 3.8) is 0 Å². The third-order valence-electron chi connectivity index (χ3n) is 4.13. The summed E-state index contributed by atoms with van der Waals surface area (Å²) in [6, 6.07) is 6.23. The highest BCUT2D eigenvalue weighted by molar-refractivity contribution is 6.42. The molecule has 7 nitrogen and oxygen atoms in total. The van der Waals surface area contributed by atoms with Crippen LogP contribution in [0.3, 0.4) is 0 Å². The SMILES string of the molecule is Cc1cc(NC(=O)CN(CC2CCCO2)C(=O)c2ccc(Cl)c(Cl)c2)no1. The van der Waals surface area contributed by atoms with Crippen LogP contribution in [-0.4, -0.2) is 47.7 Å². The summed E-state index contributed by atoms with van der Waals surface area (Å²) in [6.07, 6.45) is 1.68. The van der Waals surface area contributed by atoms with E-state index in [0.29, 0.717) is 35.3 Å². The van der Waals surface area contributed by atoms with E-state index in [2.05, 4.69) is 10.5 Å². The van der Waals surface area contributed by atoms with Crippen LogP contribution in [0.5, 0.6) is 0 Å². The number of hydrogen-bond donors (Lipinski definition) is 1. The number of carbonyl (C=O) groups is 2. The average Bonchev–Trinajstić information content (AvgIpc) is 3.28. The predicted molar refractivity (Wildman–Crippen MR) is 101 cm³/mol. The lowest BCUT2D eigenvalue weighted by molar-refractivity contribution is -0.117. The number of benzene rings is 1. The van der Waals surface area contributed by atoms with Gasteiger partial charge in [0.2, 0.25) is 5.91 Å². The molecule has 9 heteroatoms. The van der Waals surface area contributed by atoms with Crippen molar-refractivity contribution < 1.29 is 18.8 Å². The van der Waals surface area contributed by atoms with Crippen LogP contribution in [0.1, 0.15) is 29.0 Å². The number of amides is 2. The third kappa shape index (κ3) is 5.22. The number of hydrogen-bond acceptors (Lipinski definition) is 5. The van der Waals surface area contributed by atoms with Gasteiger partial charge in [-0.15, -0.1) is 0 Å². The fourth-order valence-corrected chi connectivity index (χ4v) is 3.14. The van der Waals surface area contributed by atoms with Crippen molar-refractivity contribution in [1.82, 2.24) is 10.1 Å². The maximum Gasteiger partial charge on any atom is 0.254 e. The van der Waals surface area contributed by atoms with Crippen LogP contribution in [0.15, 0.2) is 28.8 Å². The van der Waals surface area contributed by atoms with Crippen LogP contribution in [0.25, 0.3) is 0 Å². The summed E-state index contributed by atoms with van der Waals surface area (Å²) in [4.78, 5) is 26.8. The predicted octanol–water partition coefficient (Wildman–Crippen LogP) is 3.55. The van der Waals surface area contributed by atoms with Gasteiger partial charge in [0.1, 0.15) is 12.3 Å². The molecule has 1 unspecified atom stereocenters. The largest absolute Gasteiger partial charge is 0.376 e. The molecule has 1 aliphatic rings. The summed E-state index contributed by atoms with van der Waals surface area (Å²) >= 11 is 11.9. The molecule has 1 N–H and O–H groups in total. The maximum atomic E-state index is 12.9. The molecule has 0 saturated carbocycles. The minimum absolute atomic E-state index is 0.0983. The number of ether oxygens (including phenoxy) is 1. The van der Waals surface area contributed by atoms with Gasteiger partial charge in [0.25, 0.3) is 5.91 Å². The van der Waals surface area contributed by atoms with Crippen molar-refractivity contribution in [2.75, 3.05) is 25.0 Å². The van der Waals surface area contributed by atoms with E-state index in [-0.39, 0.29) is 29.5 Å². The van der Waals surface area contributed by atoms with Crippen LogP contribution in [0.4, 0.5) is 5.82 Å². The Hall–Kier alpha value is -2.09. The fourth-order valence-electron chi connectivity index (χ4n) is 2.85. The van der Waals surface area contributed by atoms with Crippen molar-refractivity contribution in [2.24, 2.45) is 0 Å². The van der Waals surface area contributed by atoms with Crippen LogP contribution in [0, 0.1) is 6.92 Å². The maximum absolute atomic E-state index is 12.9. The Labute approximate surface area is 166 Å². The third-order valence-corrected chi connectivity index (χ3v) is 4.87. The minimum atomic E-state index is -0.380. The van der Waals surface area contributed by atoms with Crippen molar-refractivity contribution in [2.45, 2.75) is 25.9 Å². The van der Waals surface area contributed by atoms with E-state index in [1.165, 1.54) is 11.0 Å². The van der Waals surface area contributed by atoms with Gasteiger partial charge < -0.3 is 19.5 Å². The second-order valence-corrected chi connectivity index (χ2v) is 7.13. The van der Waals surface area contributed by atoms with Gasteiger partial charge in [0.15, 0.2) is 5.82 Å². The molecule has 1 aromatic heterocycles. The molecule has 0 radical (unpaired) electrons.